The topological polar surface area (TPSA) is 63.8 Å². The monoisotopic (exact) mass is 398 g/mol. The Balaban J connectivity index is 1.76. The number of aromatic amines is 1. The molecular weight excluding hydrogens is 368 g/mol. The van der Waals surface area contributed by atoms with E-state index >= 15 is 0 Å². The van der Waals surface area contributed by atoms with Crippen LogP contribution in [-0.2, 0) is 20.7 Å². The molecule has 2 aliphatic rings. The molecule has 1 aromatic carbocycles. The van der Waals surface area contributed by atoms with E-state index in [-0.39, 0.29) is 17.9 Å². The molecule has 0 aliphatic carbocycles. The summed E-state index contributed by atoms with van der Waals surface area (Å²) in [6, 6.07) is 6.40. The van der Waals surface area contributed by atoms with E-state index in [1.54, 1.807) is 20.5 Å². The number of aromatic nitrogens is 1. The molecule has 29 heavy (non-hydrogen) atoms. The molecule has 0 bridgehead atoms. The summed E-state index contributed by atoms with van der Waals surface area (Å²) in [5, 5.41) is 1.19. The van der Waals surface area contributed by atoms with Gasteiger partial charge >= 0.3 is 5.97 Å². The summed E-state index contributed by atoms with van der Waals surface area (Å²) in [5.41, 5.74) is 4.37. The number of ether oxygens (including phenoxy) is 3. The van der Waals surface area contributed by atoms with Crippen LogP contribution in [0.2, 0.25) is 0 Å². The highest BCUT2D eigenvalue weighted by Crippen LogP contribution is 2.47. The van der Waals surface area contributed by atoms with Crippen LogP contribution in [0.1, 0.15) is 37.1 Å². The Hall–Kier alpha value is -2.47. The average Bonchev–Trinajstić information content (AvgIpc) is 3.15. The number of methoxy groups -OCH3 is 3. The number of carbonyl (C=O) groups excluding carboxylic acids is 1. The van der Waals surface area contributed by atoms with Crippen LogP contribution in [0.25, 0.3) is 10.9 Å². The van der Waals surface area contributed by atoms with E-state index in [0.29, 0.717) is 11.5 Å². The Labute approximate surface area is 171 Å². The second kappa shape index (κ2) is 8.11. The number of fused-ring (bicyclic) bond motifs is 5. The van der Waals surface area contributed by atoms with Gasteiger partial charge in [0, 0.05) is 29.7 Å². The number of nitrogens with zero attached hydrogens (tertiary/aromatic N) is 1. The SMILES string of the molecule is CCC1CN2CCc3c([nH]c4cccc(OC)c34)[C@@H]2C[C@@H]1/C(=C\OC)C(=O)OC. The Morgan fingerprint density at radius 2 is 2.14 bits per heavy atom. The maximum absolute atomic E-state index is 12.5. The summed E-state index contributed by atoms with van der Waals surface area (Å²) in [5.74, 6) is 1.12. The Kier molecular flexibility index (Phi) is 5.54. The van der Waals surface area contributed by atoms with Crippen LogP contribution < -0.4 is 4.74 Å². The summed E-state index contributed by atoms with van der Waals surface area (Å²) >= 11 is 0. The van der Waals surface area contributed by atoms with Crippen molar-refractivity contribution in [2.75, 3.05) is 34.4 Å². The Bertz CT molecular complexity index is 932. The second-order valence-corrected chi connectivity index (χ2v) is 7.97. The van der Waals surface area contributed by atoms with E-state index in [1.807, 2.05) is 12.1 Å². The zero-order valence-corrected chi connectivity index (χ0v) is 17.7. The summed E-state index contributed by atoms with van der Waals surface area (Å²) in [6.45, 7) is 4.19. The molecule has 6 heteroatoms. The van der Waals surface area contributed by atoms with Crippen molar-refractivity contribution in [2.45, 2.75) is 32.2 Å². The molecular formula is C23H30N2O4. The number of H-pyrrole nitrogens is 1. The standard InChI is InChI=1S/C23H30N2O4/c1-5-14-12-25-10-9-15-21-18(7-6-8-20(21)28-3)24-22(15)19(25)11-16(14)17(13-27-2)23(26)29-4/h6-8,13-14,16,19,24H,5,9-12H2,1-4H3/b17-13+/t14?,16-,19-/m0/s1. The van der Waals surface area contributed by atoms with Crippen LogP contribution in [0.5, 0.6) is 5.75 Å². The molecule has 3 atom stereocenters. The van der Waals surface area contributed by atoms with E-state index in [4.69, 9.17) is 14.2 Å². The van der Waals surface area contributed by atoms with Crippen molar-refractivity contribution in [2.24, 2.45) is 11.8 Å². The van der Waals surface area contributed by atoms with Crippen molar-refractivity contribution >= 4 is 16.9 Å². The molecule has 6 nitrogen and oxygen atoms in total. The van der Waals surface area contributed by atoms with Crippen LogP contribution in [0.4, 0.5) is 0 Å². The molecule has 0 radical (unpaired) electrons. The predicted molar refractivity (Wildman–Crippen MR) is 112 cm³/mol. The minimum absolute atomic E-state index is 0.105. The van der Waals surface area contributed by atoms with Crippen molar-refractivity contribution < 1.29 is 19.0 Å². The Morgan fingerprint density at radius 1 is 1.31 bits per heavy atom. The fraction of sp³-hybridized carbons (Fsp3) is 0.522. The highest BCUT2D eigenvalue weighted by molar-refractivity contribution is 5.91. The molecule has 156 valence electrons. The van der Waals surface area contributed by atoms with E-state index in [9.17, 15) is 4.79 Å². The lowest BCUT2D eigenvalue weighted by Crippen LogP contribution is -2.47. The fourth-order valence-electron chi connectivity index (χ4n) is 5.28. The first-order valence-corrected chi connectivity index (χ1v) is 10.4. The number of hydrogen-bond donors (Lipinski definition) is 1. The van der Waals surface area contributed by atoms with Gasteiger partial charge in [0.1, 0.15) is 5.75 Å². The van der Waals surface area contributed by atoms with Crippen molar-refractivity contribution in [1.29, 1.82) is 0 Å². The van der Waals surface area contributed by atoms with Gasteiger partial charge in [-0.2, -0.15) is 0 Å². The first kappa shape index (κ1) is 19.8. The predicted octanol–water partition coefficient (Wildman–Crippen LogP) is 3.83. The minimum atomic E-state index is -0.293. The first-order valence-electron chi connectivity index (χ1n) is 10.4. The molecule has 4 rings (SSSR count). The van der Waals surface area contributed by atoms with Gasteiger partial charge in [-0.3, -0.25) is 4.90 Å². The third kappa shape index (κ3) is 3.29. The lowest BCUT2D eigenvalue weighted by atomic mass is 9.74. The number of hydrogen-bond acceptors (Lipinski definition) is 5. The van der Waals surface area contributed by atoms with Crippen molar-refractivity contribution in [3.63, 3.8) is 0 Å². The number of carbonyl (C=O) groups is 1. The van der Waals surface area contributed by atoms with Gasteiger partial charge in [-0.25, -0.2) is 4.79 Å². The number of piperidine rings is 1. The molecule has 2 aliphatic heterocycles. The lowest BCUT2D eigenvalue weighted by Gasteiger charge is -2.46. The van der Waals surface area contributed by atoms with Gasteiger partial charge in [0.05, 0.1) is 39.2 Å². The van der Waals surface area contributed by atoms with E-state index in [1.165, 1.54) is 23.8 Å². The normalized spacial score (nSPS) is 24.7. The fourth-order valence-corrected chi connectivity index (χ4v) is 5.28. The maximum atomic E-state index is 12.5. The van der Waals surface area contributed by atoms with Crippen molar-refractivity contribution in [3.8, 4) is 5.75 Å². The zero-order valence-electron chi connectivity index (χ0n) is 17.7. The highest BCUT2D eigenvalue weighted by Gasteiger charge is 2.42. The van der Waals surface area contributed by atoms with Crippen LogP contribution in [0, 0.1) is 11.8 Å². The largest absolute Gasteiger partial charge is 0.504 e. The van der Waals surface area contributed by atoms with Crippen LogP contribution in [0.3, 0.4) is 0 Å². The molecule has 1 fully saturated rings. The molecule has 1 N–H and O–H groups in total. The lowest BCUT2D eigenvalue weighted by molar-refractivity contribution is -0.137. The number of benzene rings is 1. The summed E-state index contributed by atoms with van der Waals surface area (Å²) < 4.78 is 16.0. The maximum Gasteiger partial charge on any atom is 0.337 e. The van der Waals surface area contributed by atoms with Gasteiger partial charge < -0.3 is 19.2 Å². The minimum Gasteiger partial charge on any atom is -0.504 e. The van der Waals surface area contributed by atoms with Gasteiger partial charge in [-0.05, 0) is 42.4 Å². The van der Waals surface area contributed by atoms with E-state index in [0.717, 1.165) is 43.6 Å². The van der Waals surface area contributed by atoms with Gasteiger partial charge in [-0.1, -0.05) is 19.4 Å². The Morgan fingerprint density at radius 3 is 2.83 bits per heavy atom. The molecule has 2 aromatic rings. The molecule has 3 heterocycles. The van der Waals surface area contributed by atoms with Crippen LogP contribution >= 0.6 is 0 Å². The van der Waals surface area contributed by atoms with Gasteiger partial charge in [0.25, 0.3) is 0 Å². The summed E-state index contributed by atoms with van der Waals surface area (Å²) in [6.07, 6.45) is 4.46. The molecule has 1 aromatic heterocycles. The van der Waals surface area contributed by atoms with Gasteiger partial charge in [0.15, 0.2) is 0 Å². The third-order valence-electron chi connectivity index (χ3n) is 6.67. The number of nitrogens with one attached hydrogen (secondary N) is 1. The van der Waals surface area contributed by atoms with E-state index in [2.05, 4.69) is 22.9 Å². The molecule has 0 spiro atoms. The van der Waals surface area contributed by atoms with Crippen LogP contribution in [0.15, 0.2) is 30.0 Å². The van der Waals surface area contributed by atoms with Crippen LogP contribution in [-0.4, -0.2) is 50.3 Å². The van der Waals surface area contributed by atoms with Gasteiger partial charge in [-0.15, -0.1) is 0 Å². The number of rotatable bonds is 5. The molecule has 0 amide bonds. The molecule has 0 saturated carbocycles. The smallest absolute Gasteiger partial charge is 0.337 e. The molecule has 1 saturated heterocycles. The molecule has 1 unspecified atom stereocenters. The second-order valence-electron chi connectivity index (χ2n) is 7.97. The van der Waals surface area contributed by atoms with E-state index < -0.39 is 0 Å². The summed E-state index contributed by atoms with van der Waals surface area (Å²) in [7, 11) is 4.75. The average molecular weight is 399 g/mol. The highest BCUT2D eigenvalue weighted by atomic mass is 16.5. The van der Waals surface area contributed by atoms with Crippen molar-refractivity contribution in [3.05, 3.63) is 41.3 Å². The van der Waals surface area contributed by atoms with Gasteiger partial charge in [0.2, 0.25) is 0 Å². The third-order valence-corrected chi connectivity index (χ3v) is 6.67. The van der Waals surface area contributed by atoms with Crippen molar-refractivity contribution in [1.82, 2.24) is 9.88 Å². The number of esters is 1. The quantitative estimate of drug-likeness (QED) is 0.471. The zero-order chi connectivity index (χ0) is 20.5. The first-order chi connectivity index (χ1) is 14.1. The summed E-state index contributed by atoms with van der Waals surface area (Å²) in [4.78, 5) is 18.7.